The third-order valence-corrected chi connectivity index (χ3v) is 5.20. The highest BCUT2D eigenvalue weighted by Gasteiger charge is 2.15. The van der Waals surface area contributed by atoms with Crippen LogP contribution < -0.4 is 5.32 Å². The number of rotatable bonds is 6. The molecule has 4 heteroatoms. The fourth-order valence-electron chi connectivity index (χ4n) is 3.01. The zero-order valence-corrected chi connectivity index (χ0v) is 14.8. The van der Waals surface area contributed by atoms with Gasteiger partial charge in [-0.2, -0.15) is 0 Å². The van der Waals surface area contributed by atoms with E-state index in [-0.39, 0.29) is 5.91 Å². The average molecular weight is 341 g/mol. The van der Waals surface area contributed by atoms with Crippen molar-refractivity contribution in [1.82, 2.24) is 5.32 Å². The molecule has 2 aromatic rings. The van der Waals surface area contributed by atoms with E-state index in [2.05, 4.69) is 29.8 Å². The summed E-state index contributed by atoms with van der Waals surface area (Å²) in [5.74, 6) is 0.586. The van der Waals surface area contributed by atoms with E-state index >= 15 is 0 Å². The van der Waals surface area contributed by atoms with Gasteiger partial charge >= 0.3 is 0 Å². The van der Waals surface area contributed by atoms with E-state index in [4.69, 9.17) is 4.74 Å². The molecule has 3 nitrogen and oxygen atoms in total. The van der Waals surface area contributed by atoms with Crippen LogP contribution in [0.2, 0.25) is 0 Å². The Morgan fingerprint density at radius 3 is 2.92 bits per heavy atom. The molecule has 1 aliphatic heterocycles. The minimum absolute atomic E-state index is 0.00241. The van der Waals surface area contributed by atoms with Crippen LogP contribution in [-0.2, 0) is 4.74 Å². The molecular formula is C20H23NO2S. The lowest BCUT2D eigenvalue weighted by Gasteiger charge is -2.11. The standard InChI is InChI=1S/C20H23NO2S/c1-24-19-8-3-2-7-18(19)16-5-4-6-17(13-16)20(22)21-11-9-15-10-12-23-14-15/h2-8,13,15H,9-12,14H2,1H3,(H,21,22). The Kier molecular flexibility index (Phi) is 5.94. The number of ether oxygens (including phenoxy) is 1. The van der Waals surface area contributed by atoms with Gasteiger partial charge in [-0.1, -0.05) is 30.3 Å². The van der Waals surface area contributed by atoms with Crippen LogP contribution in [-0.4, -0.2) is 31.9 Å². The van der Waals surface area contributed by atoms with Gasteiger partial charge in [0.05, 0.1) is 0 Å². The fourth-order valence-corrected chi connectivity index (χ4v) is 3.63. The van der Waals surface area contributed by atoms with E-state index < -0.39 is 0 Å². The molecule has 1 atom stereocenters. The Hall–Kier alpha value is -1.78. The molecule has 2 aromatic carbocycles. The van der Waals surface area contributed by atoms with Crippen molar-refractivity contribution in [1.29, 1.82) is 0 Å². The highest BCUT2D eigenvalue weighted by Crippen LogP contribution is 2.30. The summed E-state index contributed by atoms with van der Waals surface area (Å²) in [5, 5.41) is 3.03. The molecule has 0 bridgehead atoms. The van der Waals surface area contributed by atoms with Crippen molar-refractivity contribution < 1.29 is 9.53 Å². The van der Waals surface area contributed by atoms with Crippen molar-refractivity contribution in [2.45, 2.75) is 17.7 Å². The van der Waals surface area contributed by atoms with E-state index in [1.54, 1.807) is 11.8 Å². The lowest BCUT2D eigenvalue weighted by atomic mass is 10.0. The van der Waals surface area contributed by atoms with Gasteiger partial charge in [-0.3, -0.25) is 4.79 Å². The summed E-state index contributed by atoms with van der Waals surface area (Å²) in [6.07, 6.45) is 4.17. The quantitative estimate of drug-likeness (QED) is 0.799. The second-order valence-corrected chi connectivity index (χ2v) is 6.90. The number of hydrogen-bond donors (Lipinski definition) is 1. The Labute approximate surface area is 147 Å². The summed E-state index contributed by atoms with van der Waals surface area (Å²) in [4.78, 5) is 13.6. The molecule has 1 aliphatic rings. The second kappa shape index (κ2) is 8.36. The third-order valence-electron chi connectivity index (χ3n) is 4.40. The molecular weight excluding hydrogens is 318 g/mol. The lowest BCUT2D eigenvalue weighted by Crippen LogP contribution is -2.26. The summed E-state index contributed by atoms with van der Waals surface area (Å²) in [5.41, 5.74) is 2.96. The van der Waals surface area contributed by atoms with Crippen LogP contribution in [0.4, 0.5) is 0 Å². The largest absolute Gasteiger partial charge is 0.381 e. The van der Waals surface area contributed by atoms with Gasteiger partial charge < -0.3 is 10.1 Å². The molecule has 0 saturated carbocycles. The molecule has 1 saturated heterocycles. The van der Waals surface area contributed by atoms with Crippen molar-refractivity contribution >= 4 is 17.7 Å². The summed E-state index contributed by atoms with van der Waals surface area (Å²) in [6.45, 7) is 2.39. The van der Waals surface area contributed by atoms with Gasteiger partial charge in [0.15, 0.2) is 0 Å². The van der Waals surface area contributed by atoms with Gasteiger partial charge in [0.1, 0.15) is 0 Å². The molecule has 1 unspecified atom stereocenters. The predicted octanol–water partition coefficient (Wildman–Crippen LogP) is 4.23. The Bertz CT molecular complexity index is 696. The molecule has 0 aliphatic carbocycles. The average Bonchev–Trinajstić information content (AvgIpc) is 3.15. The maximum Gasteiger partial charge on any atom is 0.251 e. The molecule has 24 heavy (non-hydrogen) atoms. The summed E-state index contributed by atoms with van der Waals surface area (Å²) in [6, 6.07) is 16.1. The Balaban J connectivity index is 1.67. The number of hydrogen-bond acceptors (Lipinski definition) is 3. The monoisotopic (exact) mass is 341 g/mol. The van der Waals surface area contributed by atoms with Crippen LogP contribution in [0.5, 0.6) is 0 Å². The number of carbonyl (C=O) groups excluding carboxylic acids is 1. The normalized spacial score (nSPS) is 17.0. The minimum atomic E-state index is -0.00241. The number of nitrogens with one attached hydrogen (secondary N) is 1. The maximum atomic E-state index is 12.4. The van der Waals surface area contributed by atoms with E-state index in [0.717, 1.165) is 31.6 Å². The first-order valence-electron chi connectivity index (χ1n) is 8.37. The van der Waals surface area contributed by atoms with Crippen LogP contribution in [0, 0.1) is 5.92 Å². The Morgan fingerprint density at radius 1 is 1.25 bits per heavy atom. The molecule has 126 valence electrons. The van der Waals surface area contributed by atoms with Gasteiger partial charge in [0, 0.05) is 30.2 Å². The second-order valence-electron chi connectivity index (χ2n) is 6.06. The first-order chi connectivity index (χ1) is 11.8. The van der Waals surface area contributed by atoms with Gasteiger partial charge in [-0.25, -0.2) is 0 Å². The fraction of sp³-hybridized carbons (Fsp3) is 0.350. The summed E-state index contributed by atoms with van der Waals surface area (Å²) in [7, 11) is 0. The molecule has 1 amide bonds. The molecule has 3 rings (SSSR count). The van der Waals surface area contributed by atoms with Crippen molar-refractivity contribution in [3.63, 3.8) is 0 Å². The zero-order chi connectivity index (χ0) is 16.8. The lowest BCUT2D eigenvalue weighted by molar-refractivity contribution is 0.0950. The van der Waals surface area contributed by atoms with Gasteiger partial charge in [0.25, 0.3) is 5.91 Å². The third kappa shape index (κ3) is 4.19. The molecule has 0 aromatic heterocycles. The molecule has 0 spiro atoms. The van der Waals surface area contributed by atoms with Gasteiger partial charge in [-0.05, 0) is 54.3 Å². The van der Waals surface area contributed by atoms with Crippen LogP contribution in [0.15, 0.2) is 53.4 Å². The highest BCUT2D eigenvalue weighted by atomic mass is 32.2. The minimum Gasteiger partial charge on any atom is -0.381 e. The number of amides is 1. The molecule has 0 radical (unpaired) electrons. The highest BCUT2D eigenvalue weighted by molar-refractivity contribution is 7.98. The van der Waals surface area contributed by atoms with E-state index in [1.807, 2.05) is 30.3 Å². The van der Waals surface area contributed by atoms with Gasteiger partial charge in [0.2, 0.25) is 0 Å². The topological polar surface area (TPSA) is 38.3 Å². The van der Waals surface area contributed by atoms with Crippen LogP contribution in [0.3, 0.4) is 0 Å². The Morgan fingerprint density at radius 2 is 2.12 bits per heavy atom. The number of thioether (sulfide) groups is 1. The van der Waals surface area contributed by atoms with E-state index in [1.165, 1.54) is 10.5 Å². The maximum absolute atomic E-state index is 12.4. The van der Waals surface area contributed by atoms with Crippen molar-refractivity contribution in [3.05, 3.63) is 54.1 Å². The zero-order valence-electron chi connectivity index (χ0n) is 14.0. The van der Waals surface area contributed by atoms with Crippen molar-refractivity contribution in [2.24, 2.45) is 5.92 Å². The molecule has 1 N–H and O–H groups in total. The van der Waals surface area contributed by atoms with E-state index in [0.29, 0.717) is 18.0 Å². The molecule has 1 fully saturated rings. The van der Waals surface area contributed by atoms with Crippen molar-refractivity contribution in [2.75, 3.05) is 26.0 Å². The van der Waals surface area contributed by atoms with Crippen LogP contribution >= 0.6 is 11.8 Å². The van der Waals surface area contributed by atoms with Crippen molar-refractivity contribution in [3.8, 4) is 11.1 Å². The van der Waals surface area contributed by atoms with Gasteiger partial charge in [-0.15, -0.1) is 11.8 Å². The van der Waals surface area contributed by atoms with Crippen LogP contribution in [0.1, 0.15) is 23.2 Å². The smallest absolute Gasteiger partial charge is 0.251 e. The van der Waals surface area contributed by atoms with Crippen LogP contribution in [0.25, 0.3) is 11.1 Å². The summed E-state index contributed by atoms with van der Waals surface area (Å²) >= 11 is 1.72. The summed E-state index contributed by atoms with van der Waals surface area (Å²) < 4.78 is 5.37. The first-order valence-corrected chi connectivity index (χ1v) is 9.60. The predicted molar refractivity (Wildman–Crippen MR) is 99.5 cm³/mol. The van der Waals surface area contributed by atoms with E-state index in [9.17, 15) is 4.79 Å². The SMILES string of the molecule is CSc1ccccc1-c1cccc(C(=O)NCCC2CCOC2)c1. The first kappa shape index (κ1) is 17.1. The number of carbonyl (C=O) groups is 1. The number of benzene rings is 2. The molecule has 1 heterocycles.